The van der Waals surface area contributed by atoms with Crippen LogP contribution in [0.3, 0.4) is 0 Å². The molecule has 0 saturated heterocycles. The molecule has 6 aliphatic rings. The standard InChI is InChI=1S/C48H73N3O2S/c1-45(2)40(36-16-14-34(15-17-36)33-53-44-37(32-49)12-9-30-51-44)22-24-47(4)42(45)23-25-46(3)41-13-8-11-35(39(41)18-19-43(46)47)10-6-7-29-50-31-28-48(52)26-20-38(54-5)21-27-48/h9,12,16,22,30,34-35,38-39,41-43,50,52H,6-8,10-11,13-15,17-21,23-29,31,33H2,1-5H3/t34?,35-,38?,39?,41?,42-,43-,46?,47?,48?/m0/s1. The second kappa shape index (κ2) is 17.0. The molecule has 2 N–H and O–H groups in total. The molecular formula is C48H73N3O2S. The van der Waals surface area contributed by atoms with E-state index >= 15 is 0 Å². The molecule has 54 heavy (non-hydrogen) atoms. The summed E-state index contributed by atoms with van der Waals surface area (Å²) in [6.07, 6.45) is 33.1. The van der Waals surface area contributed by atoms with Crippen molar-refractivity contribution >= 4 is 11.8 Å². The SMILES string of the molecule is CSC1CCC(O)(CCNCCCC[C@H]2CCCC3C2CC[C@H]2C3(C)CC[C@H]3C(C)(C)C(C4=CCC(COc5ncccc5C#N)CC4)=CCC32C)CC1. The summed E-state index contributed by atoms with van der Waals surface area (Å²) >= 11 is 1.98. The molecular weight excluding hydrogens is 683 g/mol. The Morgan fingerprint density at radius 2 is 1.78 bits per heavy atom. The van der Waals surface area contributed by atoms with Crippen LogP contribution in [0.25, 0.3) is 0 Å². The highest BCUT2D eigenvalue weighted by molar-refractivity contribution is 7.99. The minimum atomic E-state index is -0.423. The highest BCUT2D eigenvalue weighted by Gasteiger charge is 2.63. The largest absolute Gasteiger partial charge is 0.476 e. The van der Waals surface area contributed by atoms with Crippen molar-refractivity contribution in [3.05, 3.63) is 47.2 Å². The van der Waals surface area contributed by atoms with Crippen molar-refractivity contribution in [2.45, 2.75) is 161 Å². The molecule has 0 radical (unpaired) electrons. The maximum atomic E-state index is 11.0. The zero-order valence-electron chi connectivity index (χ0n) is 34.6. The number of allylic oxidation sites excluding steroid dienone is 4. The Bertz CT molecular complexity index is 1540. The minimum Gasteiger partial charge on any atom is -0.476 e. The van der Waals surface area contributed by atoms with Crippen LogP contribution in [-0.2, 0) is 0 Å². The third-order valence-electron chi connectivity index (χ3n) is 16.9. The van der Waals surface area contributed by atoms with E-state index in [-0.39, 0.29) is 5.41 Å². The summed E-state index contributed by atoms with van der Waals surface area (Å²) in [7, 11) is 0. The number of pyridine rings is 1. The summed E-state index contributed by atoms with van der Waals surface area (Å²) in [5.74, 6) is 5.31. The van der Waals surface area contributed by atoms with Gasteiger partial charge in [0.05, 0.1) is 12.2 Å². The molecule has 0 aromatic carbocycles. The fourth-order valence-corrected chi connectivity index (χ4v) is 14.7. The van der Waals surface area contributed by atoms with Crippen LogP contribution in [0.2, 0.25) is 0 Å². The number of unbranched alkanes of at least 4 members (excludes halogenated alkanes) is 1. The Kier molecular flexibility index (Phi) is 12.7. The predicted octanol–water partition coefficient (Wildman–Crippen LogP) is 11.5. The van der Waals surface area contributed by atoms with E-state index in [2.05, 4.69) is 62.5 Å². The fourth-order valence-electron chi connectivity index (χ4n) is 14.0. The number of nitrogens with one attached hydrogen (secondary N) is 1. The van der Waals surface area contributed by atoms with Gasteiger partial charge in [-0.25, -0.2) is 4.98 Å². The van der Waals surface area contributed by atoms with Gasteiger partial charge >= 0.3 is 0 Å². The van der Waals surface area contributed by atoms with E-state index in [0.29, 0.717) is 34.8 Å². The first-order chi connectivity index (χ1) is 26.0. The average Bonchev–Trinajstić information content (AvgIpc) is 3.17. The normalized spacial score (nSPS) is 38.9. The number of ether oxygens (including phenoxy) is 1. The fraction of sp³-hybridized carbons (Fsp3) is 0.792. The number of fused-ring (bicyclic) bond motifs is 5. The van der Waals surface area contributed by atoms with Crippen LogP contribution in [0.15, 0.2) is 41.6 Å². The summed E-state index contributed by atoms with van der Waals surface area (Å²) < 4.78 is 6.05. The van der Waals surface area contributed by atoms with Gasteiger partial charge in [-0.1, -0.05) is 65.5 Å². The molecule has 4 saturated carbocycles. The van der Waals surface area contributed by atoms with Crippen molar-refractivity contribution in [2.24, 2.45) is 51.8 Å². The van der Waals surface area contributed by atoms with Crippen LogP contribution >= 0.6 is 11.8 Å². The first kappa shape index (κ1) is 40.4. The van der Waals surface area contributed by atoms with E-state index in [1.807, 2.05) is 11.8 Å². The van der Waals surface area contributed by atoms with E-state index in [1.54, 1.807) is 29.5 Å². The number of hydrogen-bond donors (Lipinski definition) is 2. The van der Waals surface area contributed by atoms with Crippen molar-refractivity contribution < 1.29 is 9.84 Å². The lowest BCUT2D eigenvalue weighted by Crippen LogP contribution is -2.60. The third-order valence-corrected chi connectivity index (χ3v) is 18.0. The summed E-state index contributed by atoms with van der Waals surface area (Å²) in [5.41, 5.74) is 4.42. The highest BCUT2D eigenvalue weighted by atomic mass is 32.2. The molecule has 8 atom stereocenters. The second-order valence-corrected chi connectivity index (χ2v) is 21.2. The molecule has 1 aromatic rings. The molecule has 5 unspecified atom stereocenters. The van der Waals surface area contributed by atoms with Crippen molar-refractivity contribution in [3.8, 4) is 11.9 Å². The van der Waals surface area contributed by atoms with Crippen LogP contribution in [0.4, 0.5) is 0 Å². The molecule has 0 aliphatic heterocycles. The Morgan fingerprint density at radius 1 is 0.944 bits per heavy atom. The van der Waals surface area contributed by atoms with E-state index < -0.39 is 5.60 Å². The van der Waals surface area contributed by atoms with Crippen LogP contribution < -0.4 is 10.1 Å². The van der Waals surface area contributed by atoms with E-state index in [4.69, 9.17) is 4.74 Å². The van der Waals surface area contributed by atoms with Gasteiger partial charge in [0.15, 0.2) is 0 Å². The number of hydrogen-bond acceptors (Lipinski definition) is 6. The van der Waals surface area contributed by atoms with Crippen LogP contribution in [0.1, 0.15) is 155 Å². The molecule has 1 aromatic heterocycles. The van der Waals surface area contributed by atoms with Gasteiger partial charge in [-0.05, 0) is 191 Å². The number of aliphatic hydroxyl groups is 1. The Hall–Kier alpha value is -1.81. The predicted molar refractivity (Wildman–Crippen MR) is 224 cm³/mol. The van der Waals surface area contributed by atoms with Crippen molar-refractivity contribution in [3.63, 3.8) is 0 Å². The van der Waals surface area contributed by atoms with Gasteiger partial charge in [-0.3, -0.25) is 0 Å². The smallest absolute Gasteiger partial charge is 0.231 e. The van der Waals surface area contributed by atoms with Crippen LogP contribution in [0.5, 0.6) is 5.88 Å². The summed E-state index contributed by atoms with van der Waals surface area (Å²) in [6, 6.07) is 5.79. The second-order valence-electron chi connectivity index (χ2n) is 20.0. The molecule has 4 fully saturated rings. The molecule has 0 bridgehead atoms. The molecule has 6 aliphatic carbocycles. The van der Waals surface area contributed by atoms with Gasteiger partial charge < -0.3 is 15.2 Å². The average molecular weight is 756 g/mol. The summed E-state index contributed by atoms with van der Waals surface area (Å²) in [5, 5.41) is 24.9. The monoisotopic (exact) mass is 756 g/mol. The summed E-state index contributed by atoms with van der Waals surface area (Å²) in [6.45, 7) is 13.4. The molecule has 0 amide bonds. The lowest BCUT2D eigenvalue weighted by atomic mass is 9.37. The third kappa shape index (κ3) is 8.13. The van der Waals surface area contributed by atoms with E-state index in [9.17, 15) is 10.4 Å². The van der Waals surface area contributed by atoms with Crippen molar-refractivity contribution in [2.75, 3.05) is 26.0 Å². The maximum Gasteiger partial charge on any atom is 0.231 e. The van der Waals surface area contributed by atoms with Crippen LogP contribution in [0, 0.1) is 63.1 Å². The Labute approximate surface area is 333 Å². The van der Waals surface area contributed by atoms with E-state index in [1.165, 1.54) is 83.5 Å². The summed E-state index contributed by atoms with van der Waals surface area (Å²) in [4.78, 5) is 4.31. The minimum absolute atomic E-state index is 0.199. The molecule has 0 spiro atoms. The molecule has 298 valence electrons. The first-order valence-electron chi connectivity index (χ1n) is 22.3. The Morgan fingerprint density at radius 3 is 2.54 bits per heavy atom. The zero-order valence-corrected chi connectivity index (χ0v) is 35.5. The van der Waals surface area contributed by atoms with Crippen molar-refractivity contribution in [1.82, 2.24) is 10.3 Å². The van der Waals surface area contributed by atoms with Gasteiger partial charge in [0, 0.05) is 11.4 Å². The number of rotatable bonds is 13. The van der Waals surface area contributed by atoms with Gasteiger partial charge in [0.25, 0.3) is 0 Å². The molecule has 7 rings (SSSR count). The molecule has 6 heteroatoms. The number of nitriles is 1. The van der Waals surface area contributed by atoms with Gasteiger partial charge in [-0.2, -0.15) is 17.0 Å². The Balaban J connectivity index is 0.914. The van der Waals surface area contributed by atoms with E-state index in [0.717, 1.165) is 86.5 Å². The van der Waals surface area contributed by atoms with Gasteiger partial charge in [0.2, 0.25) is 5.88 Å². The number of nitrogens with zero attached hydrogens (tertiary/aromatic N) is 2. The van der Waals surface area contributed by atoms with Crippen LogP contribution in [-0.4, -0.2) is 46.9 Å². The topological polar surface area (TPSA) is 78.2 Å². The maximum absolute atomic E-state index is 11.0. The number of aromatic nitrogens is 1. The highest BCUT2D eigenvalue weighted by Crippen LogP contribution is 2.71. The van der Waals surface area contributed by atoms with Gasteiger partial charge in [0.1, 0.15) is 11.6 Å². The lowest BCUT2D eigenvalue weighted by Gasteiger charge is -2.67. The zero-order chi connectivity index (χ0) is 38.0. The first-order valence-corrected chi connectivity index (χ1v) is 23.6. The quantitative estimate of drug-likeness (QED) is 0.195. The lowest BCUT2D eigenvalue weighted by molar-refractivity contribution is -0.169. The molecule has 5 nitrogen and oxygen atoms in total. The van der Waals surface area contributed by atoms with Crippen molar-refractivity contribution in [1.29, 1.82) is 5.26 Å². The number of thioether (sulfide) groups is 1. The van der Waals surface area contributed by atoms with Gasteiger partial charge in [-0.15, -0.1) is 0 Å². The molecule has 1 heterocycles.